The van der Waals surface area contributed by atoms with Gasteiger partial charge in [0, 0.05) is 0 Å². The van der Waals surface area contributed by atoms with Gasteiger partial charge in [0.2, 0.25) is 59.1 Å². The minimum atomic E-state index is -1.26. The summed E-state index contributed by atoms with van der Waals surface area (Å²) in [4.78, 5) is 135. The van der Waals surface area contributed by atoms with Crippen molar-refractivity contribution in [2.45, 2.75) is 209 Å². The third-order valence-corrected chi connectivity index (χ3v) is 13.1. The van der Waals surface area contributed by atoms with Gasteiger partial charge in [0.25, 0.3) is 0 Å². The minimum Gasteiger partial charge on any atom is -0.368 e. The smallest absolute Gasteiger partial charge is 0.243 e. The number of hydrogen-bond acceptors (Lipinski definition) is 18. The Morgan fingerprint density at radius 2 is 0.380 bits per heavy atom. The van der Waals surface area contributed by atoms with E-state index in [2.05, 4.69) is 42.5 Å². The number of amides is 10. The number of unbranched alkanes of at least 4 members (excludes halogenated alkanes) is 8. The van der Waals surface area contributed by atoms with Gasteiger partial charge in [0.15, 0.2) is 0 Å². The molecule has 0 rings (SSSR count). The average molecular weight is 1130 g/mol. The molecular formula is C51H102N18O10. The SMILES string of the molecule is NCCCC[C@H](NC(=O)[C@H](CCCCN)NC(=O)[C@H](CCCCN)NC(=O)[C@H](CCCCN)NC(=O)CC(=O)N[C@@H](CCCCN)C(=O)N[C@@H](CCCCN)C(=O)N[C@@H](CCCCN)C(=O)N[C@@H](CCCCN)C(N)=O)C(N)=O. The zero-order chi connectivity index (χ0) is 59.4. The van der Waals surface area contributed by atoms with E-state index in [4.69, 9.17) is 57.3 Å². The second kappa shape index (κ2) is 46.2. The van der Waals surface area contributed by atoms with Crippen LogP contribution < -0.4 is 99.9 Å². The van der Waals surface area contributed by atoms with Crippen LogP contribution in [0.5, 0.6) is 0 Å². The van der Waals surface area contributed by atoms with E-state index in [1.54, 1.807) is 0 Å². The molecule has 8 atom stereocenters. The molecule has 0 aliphatic rings. The fraction of sp³-hybridized carbons (Fsp3) is 0.804. The van der Waals surface area contributed by atoms with Crippen molar-refractivity contribution in [2.24, 2.45) is 57.3 Å². The standard InChI is InChI=1S/C51H102N18O10/c52-25-9-1-17-34(44(60)72)64-48(76)38(21-5-13-29-56)68-50(78)40(23-7-15-31-58)66-46(74)36(19-3-11-27-54)62-42(70)33-43(71)63-37(20-4-12-28-55)47(75)67-41(24-8-16-32-59)51(79)69-39(22-6-14-30-57)49(77)65-35(45(61)73)18-2-10-26-53/h34-41H,1-33,52-59H2,(H2,60,72)(H2,61,73)(H,62,70)(H,63,71)(H,64,76)(H,65,77)(H,66,74)(H,67,75)(H,68,78)(H,69,79)/t34-,35-,36-,37-,38-,39-,40-,41-/m0/s1. The molecule has 0 spiro atoms. The highest BCUT2D eigenvalue weighted by Crippen LogP contribution is 2.12. The lowest BCUT2D eigenvalue weighted by atomic mass is 10.0. The topological polar surface area (TPSA) is 527 Å². The Balaban J connectivity index is 6.54. The molecule has 0 fully saturated rings. The second-order valence-electron chi connectivity index (χ2n) is 19.9. The van der Waals surface area contributed by atoms with Crippen molar-refractivity contribution in [2.75, 3.05) is 52.4 Å². The Kier molecular flexibility index (Phi) is 42.9. The van der Waals surface area contributed by atoms with Gasteiger partial charge < -0.3 is 99.9 Å². The minimum absolute atomic E-state index is 0.0596. The summed E-state index contributed by atoms with van der Waals surface area (Å²) in [5, 5.41) is 21.3. The van der Waals surface area contributed by atoms with Crippen molar-refractivity contribution in [3.8, 4) is 0 Å². The largest absolute Gasteiger partial charge is 0.368 e. The summed E-state index contributed by atoms with van der Waals surface area (Å²) in [6.07, 6.45) is 7.91. The first-order valence-corrected chi connectivity index (χ1v) is 28.5. The Morgan fingerprint density at radius 3 is 0.544 bits per heavy atom. The zero-order valence-electron chi connectivity index (χ0n) is 46.8. The quantitative estimate of drug-likeness (QED) is 0.0201. The fourth-order valence-corrected chi connectivity index (χ4v) is 8.40. The van der Waals surface area contributed by atoms with Crippen LogP contribution in [0.25, 0.3) is 0 Å². The first-order valence-electron chi connectivity index (χ1n) is 28.5. The van der Waals surface area contributed by atoms with Crippen molar-refractivity contribution in [1.29, 1.82) is 0 Å². The van der Waals surface area contributed by atoms with E-state index in [0.29, 0.717) is 142 Å². The van der Waals surface area contributed by atoms with Gasteiger partial charge in [0.1, 0.15) is 54.8 Å². The molecule has 0 aromatic heterocycles. The molecule has 28 heteroatoms. The van der Waals surface area contributed by atoms with Crippen LogP contribution in [0.15, 0.2) is 0 Å². The zero-order valence-corrected chi connectivity index (χ0v) is 46.8. The molecule has 0 aromatic rings. The van der Waals surface area contributed by atoms with Gasteiger partial charge >= 0.3 is 0 Å². The van der Waals surface area contributed by atoms with Crippen molar-refractivity contribution < 1.29 is 47.9 Å². The molecular weight excluding hydrogens is 1020 g/mol. The fourth-order valence-electron chi connectivity index (χ4n) is 8.40. The van der Waals surface area contributed by atoms with Gasteiger partial charge in [-0.05, 0) is 206 Å². The first-order chi connectivity index (χ1) is 37.9. The Hall–Kier alpha value is -5.62. The highest BCUT2D eigenvalue weighted by Gasteiger charge is 2.33. The maximum absolute atomic E-state index is 14.1. The average Bonchev–Trinajstić information content (AvgIpc) is 3.40. The van der Waals surface area contributed by atoms with Crippen molar-refractivity contribution in [3.05, 3.63) is 0 Å². The van der Waals surface area contributed by atoms with Gasteiger partial charge in [-0.3, -0.25) is 47.9 Å². The van der Waals surface area contributed by atoms with E-state index in [9.17, 15) is 47.9 Å². The molecule has 0 unspecified atom stereocenters. The van der Waals surface area contributed by atoms with E-state index >= 15 is 0 Å². The summed E-state index contributed by atoms with van der Waals surface area (Å²) < 4.78 is 0. The van der Waals surface area contributed by atoms with Crippen molar-refractivity contribution >= 4 is 59.1 Å². The lowest BCUT2D eigenvalue weighted by molar-refractivity contribution is -0.136. The highest BCUT2D eigenvalue weighted by molar-refractivity contribution is 6.01. The van der Waals surface area contributed by atoms with E-state index in [0.717, 1.165) is 0 Å². The molecule has 28 N–H and O–H groups in total. The predicted molar refractivity (Wildman–Crippen MR) is 302 cm³/mol. The summed E-state index contributed by atoms with van der Waals surface area (Å²) >= 11 is 0. The second-order valence-corrected chi connectivity index (χ2v) is 19.9. The van der Waals surface area contributed by atoms with Crippen molar-refractivity contribution in [3.63, 3.8) is 0 Å². The van der Waals surface area contributed by atoms with Crippen LogP contribution in [0.4, 0.5) is 0 Å². The maximum Gasteiger partial charge on any atom is 0.243 e. The predicted octanol–water partition coefficient (Wildman–Crippen LogP) is -4.74. The van der Waals surface area contributed by atoms with E-state index < -0.39 is 114 Å². The number of rotatable bonds is 50. The van der Waals surface area contributed by atoms with E-state index in [-0.39, 0.29) is 64.5 Å². The molecule has 0 bridgehead atoms. The Bertz CT molecular complexity index is 1680. The van der Waals surface area contributed by atoms with Gasteiger partial charge in [-0.15, -0.1) is 0 Å². The third kappa shape index (κ3) is 34.2. The summed E-state index contributed by atoms with van der Waals surface area (Å²) in [6, 6.07) is -9.25. The first kappa shape index (κ1) is 73.4. The molecule has 28 nitrogen and oxygen atoms in total. The lowest BCUT2D eigenvalue weighted by Crippen LogP contribution is -2.58. The summed E-state index contributed by atoms with van der Waals surface area (Å²) in [5.74, 6) is -7.54. The molecule has 0 heterocycles. The Labute approximate surface area is 466 Å². The van der Waals surface area contributed by atoms with Crippen LogP contribution in [0.3, 0.4) is 0 Å². The van der Waals surface area contributed by atoms with Crippen molar-refractivity contribution in [1.82, 2.24) is 42.5 Å². The summed E-state index contributed by atoms with van der Waals surface area (Å²) in [5.41, 5.74) is 56.8. The van der Waals surface area contributed by atoms with E-state index in [1.165, 1.54) is 0 Å². The van der Waals surface area contributed by atoms with Crippen LogP contribution in [0, 0.1) is 0 Å². The van der Waals surface area contributed by atoms with Gasteiger partial charge in [-0.2, -0.15) is 0 Å². The molecule has 456 valence electrons. The summed E-state index contributed by atoms with van der Waals surface area (Å²) in [6.45, 7) is 2.53. The molecule has 0 aliphatic carbocycles. The maximum atomic E-state index is 14.1. The summed E-state index contributed by atoms with van der Waals surface area (Å²) in [7, 11) is 0. The molecule has 0 saturated heterocycles. The van der Waals surface area contributed by atoms with Crippen LogP contribution in [0.1, 0.15) is 161 Å². The third-order valence-electron chi connectivity index (χ3n) is 13.1. The van der Waals surface area contributed by atoms with Crippen LogP contribution in [0.2, 0.25) is 0 Å². The van der Waals surface area contributed by atoms with Crippen LogP contribution >= 0.6 is 0 Å². The molecule has 79 heavy (non-hydrogen) atoms. The molecule has 10 amide bonds. The normalized spacial score (nSPS) is 14.2. The van der Waals surface area contributed by atoms with Gasteiger partial charge in [-0.25, -0.2) is 0 Å². The number of primary amides is 2. The molecule has 0 saturated carbocycles. The van der Waals surface area contributed by atoms with Gasteiger partial charge in [0.05, 0.1) is 0 Å². The highest BCUT2D eigenvalue weighted by atomic mass is 16.2. The van der Waals surface area contributed by atoms with E-state index in [1.807, 2.05) is 0 Å². The monoisotopic (exact) mass is 1130 g/mol. The number of hydrogen-bond donors (Lipinski definition) is 18. The number of carbonyl (C=O) groups is 10. The lowest BCUT2D eigenvalue weighted by Gasteiger charge is -2.27. The molecule has 0 aromatic carbocycles. The van der Waals surface area contributed by atoms with Gasteiger partial charge in [-0.1, -0.05) is 0 Å². The molecule has 0 aliphatic heterocycles. The Morgan fingerprint density at radius 1 is 0.228 bits per heavy atom. The number of nitrogens with one attached hydrogen (secondary N) is 8. The number of nitrogens with two attached hydrogens (primary N) is 10. The van der Waals surface area contributed by atoms with Crippen LogP contribution in [-0.2, 0) is 47.9 Å². The number of carbonyl (C=O) groups excluding carboxylic acids is 10. The van der Waals surface area contributed by atoms with Crippen LogP contribution in [-0.4, -0.2) is 160 Å². The molecule has 0 radical (unpaired) electrons.